The van der Waals surface area contributed by atoms with E-state index in [4.69, 9.17) is 8.83 Å². The van der Waals surface area contributed by atoms with E-state index in [1.165, 1.54) is 16.7 Å². The first-order chi connectivity index (χ1) is 22.3. The van der Waals surface area contributed by atoms with Crippen molar-refractivity contribution in [2.24, 2.45) is 0 Å². The Hall–Kier alpha value is -6.06. The molecule has 3 heteroatoms. The Kier molecular flexibility index (Phi) is 5.82. The van der Waals surface area contributed by atoms with Crippen molar-refractivity contribution >= 4 is 60.9 Å². The minimum Gasteiger partial charge on any atom is -0.456 e. The molecule has 0 unspecified atom stereocenters. The summed E-state index contributed by atoms with van der Waals surface area (Å²) in [5, 5.41) is 4.25. The van der Waals surface area contributed by atoms with Crippen molar-refractivity contribution in [2.45, 2.75) is 0 Å². The lowest BCUT2D eigenvalue weighted by atomic mass is 10.0. The first-order valence-electron chi connectivity index (χ1n) is 15.2. The lowest BCUT2D eigenvalue weighted by Gasteiger charge is -2.25. The van der Waals surface area contributed by atoms with Crippen LogP contribution in [0.1, 0.15) is 0 Å². The van der Waals surface area contributed by atoms with Crippen LogP contribution in [0.3, 0.4) is 0 Å². The predicted octanol–water partition coefficient (Wildman–Crippen LogP) is 12.3. The second-order valence-corrected chi connectivity index (χ2v) is 11.4. The van der Waals surface area contributed by atoms with Crippen LogP contribution in [-0.4, -0.2) is 0 Å². The fourth-order valence-electron chi connectivity index (χ4n) is 6.44. The van der Waals surface area contributed by atoms with Gasteiger partial charge in [0.1, 0.15) is 22.3 Å². The number of nitrogens with zero attached hydrogens (tertiary/aromatic N) is 1. The zero-order chi connectivity index (χ0) is 29.7. The van der Waals surface area contributed by atoms with Crippen molar-refractivity contribution in [3.63, 3.8) is 0 Å². The van der Waals surface area contributed by atoms with Crippen LogP contribution < -0.4 is 4.90 Å². The Bertz CT molecular complexity index is 2460. The Balaban J connectivity index is 1.14. The van der Waals surface area contributed by atoms with Crippen LogP contribution in [0.4, 0.5) is 17.1 Å². The lowest BCUT2D eigenvalue weighted by molar-refractivity contribution is 0.664. The van der Waals surface area contributed by atoms with E-state index in [0.717, 1.165) is 66.5 Å². The highest BCUT2D eigenvalue weighted by Gasteiger charge is 2.17. The Labute approximate surface area is 260 Å². The van der Waals surface area contributed by atoms with Gasteiger partial charge in [-0.15, -0.1) is 0 Å². The van der Waals surface area contributed by atoms with E-state index in [1.54, 1.807) is 0 Å². The first-order valence-corrected chi connectivity index (χ1v) is 15.2. The minimum atomic E-state index is 0.840. The Morgan fingerprint density at radius 2 is 0.711 bits per heavy atom. The molecule has 0 atom stereocenters. The maximum atomic E-state index is 6.54. The predicted molar refractivity (Wildman–Crippen MR) is 187 cm³/mol. The monoisotopic (exact) mass is 577 g/mol. The molecule has 0 saturated carbocycles. The van der Waals surface area contributed by atoms with Gasteiger partial charge in [-0.1, -0.05) is 97.1 Å². The lowest BCUT2D eigenvalue weighted by Crippen LogP contribution is -2.09. The molecule has 2 heterocycles. The van der Waals surface area contributed by atoms with Crippen molar-refractivity contribution in [1.82, 2.24) is 0 Å². The quantitative estimate of drug-likeness (QED) is 0.204. The molecule has 9 rings (SSSR count). The van der Waals surface area contributed by atoms with Gasteiger partial charge in [-0.05, 0) is 82.9 Å². The van der Waals surface area contributed by atoms with Gasteiger partial charge in [0, 0.05) is 44.7 Å². The van der Waals surface area contributed by atoms with E-state index in [1.807, 2.05) is 18.2 Å². The number of furan rings is 2. The summed E-state index contributed by atoms with van der Waals surface area (Å²) < 4.78 is 13.0. The van der Waals surface area contributed by atoms with Crippen LogP contribution in [0.25, 0.3) is 66.1 Å². The van der Waals surface area contributed by atoms with Crippen molar-refractivity contribution in [1.29, 1.82) is 0 Å². The SMILES string of the molecule is c1ccc(-c2ccc(N(c3ccccc3)c3ccc4c(c3)oc3cc5c(cc34)oc3cc(-c4ccccc4)ccc35)cc2)cc1. The maximum absolute atomic E-state index is 6.54. The Morgan fingerprint density at radius 3 is 1.33 bits per heavy atom. The summed E-state index contributed by atoms with van der Waals surface area (Å²) in [5.74, 6) is 0. The van der Waals surface area contributed by atoms with E-state index in [-0.39, 0.29) is 0 Å². The van der Waals surface area contributed by atoms with Gasteiger partial charge < -0.3 is 13.7 Å². The third-order valence-electron chi connectivity index (χ3n) is 8.66. The molecular formula is C42H27NO2. The third-order valence-corrected chi connectivity index (χ3v) is 8.66. The largest absolute Gasteiger partial charge is 0.456 e. The molecule has 0 spiro atoms. The number of fused-ring (bicyclic) bond motifs is 6. The number of anilines is 3. The van der Waals surface area contributed by atoms with Gasteiger partial charge in [0.15, 0.2) is 0 Å². The summed E-state index contributed by atoms with van der Waals surface area (Å²) >= 11 is 0. The molecule has 9 aromatic rings. The van der Waals surface area contributed by atoms with E-state index < -0.39 is 0 Å². The number of hydrogen-bond acceptors (Lipinski definition) is 3. The van der Waals surface area contributed by atoms with Gasteiger partial charge in [-0.2, -0.15) is 0 Å². The average Bonchev–Trinajstić information content (AvgIpc) is 3.65. The van der Waals surface area contributed by atoms with Gasteiger partial charge >= 0.3 is 0 Å². The second kappa shape index (κ2) is 10.3. The molecule has 212 valence electrons. The molecule has 3 nitrogen and oxygen atoms in total. The van der Waals surface area contributed by atoms with Crippen LogP contribution in [0.5, 0.6) is 0 Å². The van der Waals surface area contributed by atoms with Gasteiger partial charge in [0.2, 0.25) is 0 Å². The summed E-state index contributed by atoms with van der Waals surface area (Å²) in [5.41, 5.74) is 11.3. The van der Waals surface area contributed by atoms with E-state index >= 15 is 0 Å². The molecule has 0 amide bonds. The Morgan fingerprint density at radius 1 is 0.289 bits per heavy atom. The summed E-state index contributed by atoms with van der Waals surface area (Å²) in [6.07, 6.45) is 0. The highest BCUT2D eigenvalue weighted by atomic mass is 16.3. The number of rotatable bonds is 5. The molecule has 0 radical (unpaired) electrons. The molecule has 0 saturated heterocycles. The first kappa shape index (κ1) is 25.4. The maximum Gasteiger partial charge on any atom is 0.137 e. The van der Waals surface area contributed by atoms with Crippen LogP contribution in [0.15, 0.2) is 173 Å². The van der Waals surface area contributed by atoms with E-state index in [0.29, 0.717) is 0 Å². The molecule has 0 bridgehead atoms. The zero-order valence-electron chi connectivity index (χ0n) is 24.4. The average molecular weight is 578 g/mol. The van der Waals surface area contributed by atoms with Crippen molar-refractivity contribution < 1.29 is 8.83 Å². The van der Waals surface area contributed by atoms with Crippen LogP contribution in [0.2, 0.25) is 0 Å². The van der Waals surface area contributed by atoms with Gasteiger partial charge in [-0.3, -0.25) is 0 Å². The van der Waals surface area contributed by atoms with Crippen LogP contribution in [0, 0.1) is 0 Å². The van der Waals surface area contributed by atoms with Crippen molar-refractivity contribution in [3.8, 4) is 22.3 Å². The summed E-state index contributed by atoms with van der Waals surface area (Å²) in [4.78, 5) is 2.27. The molecule has 0 N–H and O–H groups in total. The molecular weight excluding hydrogens is 550 g/mol. The number of hydrogen-bond donors (Lipinski definition) is 0. The van der Waals surface area contributed by atoms with Gasteiger partial charge in [0.05, 0.1) is 0 Å². The molecule has 0 aliphatic rings. The van der Waals surface area contributed by atoms with E-state index in [9.17, 15) is 0 Å². The topological polar surface area (TPSA) is 29.5 Å². The molecule has 0 aliphatic carbocycles. The van der Waals surface area contributed by atoms with Crippen molar-refractivity contribution in [3.05, 3.63) is 164 Å². The highest BCUT2D eigenvalue weighted by Crippen LogP contribution is 2.41. The van der Waals surface area contributed by atoms with E-state index in [2.05, 4.69) is 150 Å². The minimum absolute atomic E-state index is 0.840. The zero-order valence-corrected chi connectivity index (χ0v) is 24.4. The number of benzene rings is 7. The van der Waals surface area contributed by atoms with Gasteiger partial charge in [-0.25, -0.2) is 0 Å². The fraction of sp³-hybridized carbons (Fsp3) is 0. The second-order valence-electron chi connectivity index (χ2n) is 11.4. The normalized spacial score (nSPS) is 11.6. The third kappa shape index (κ3) is 4.37. The summed E-state index contributed by atoms with van der Waals surface area (Å²) in [6, 6.07) is 57.2. The molecule has 2 aromatic heterocycles. The highest BCUT2D eigenvalue weighted by molar-refractivity contribution is 6.15. The van der Waals surface area contributed by atoms with Crippen LogP contribution in [-0.2, 0) is 0 Å². The molecule has 0 aliphatic heterocycles. The molecule has 45 heavy (non-hydrogen) atoms. The summed E-state index contributed by atoms with van der Waals surface area (Å²) in [7, 11) is 0. The molecule has 0 fully saturated rings. The standard InChI is InChI=1S/C42H27NO2/c1-4-10-28(11-5-1)30-16-19-33(20-17-30)43(32-14-8-3-9-15-32)34-21-23-36-38-27-41-37(26-42(38)45-40(36)25-34)35-22-18-31(24-39(35)44-41)29-12-6-2-7-13-29/h1-27H. The van der Waals surface area contributed by atoms with Crippen molar-refractivity contribution in [2.75, 3.05) is 4.90 Å². The number of para-hydroxylation sites is 1. The van der Waals surface area contributed by atoms with Crippen LogP contribution >= 0.6 is 0 Å². The fourth-order valence-corrected chi connectivity index (χ4v) is 6.44. The molecule has 7 aromatic carbocycles. The summed E-state index contributed by atoms with van der Waals surface area (Å²) in [6.45, 7) is 0. The smallest absolute Gasteiger partial charge is 0.137 e. The van der Waals surface area contributed by atoms with Gasteiger partial charge in [0.25, 0.3) is 0 Å².